The van der Waals surface area contributed by atoms with Gasteiger partial charge in [-0.2, -0.15) is 5.10 Å². The zero-order valence-corrected chi connectivity index (χ0v) is 19.5. The molecule has 0 aromatic carbocycles. The van der Waals surface area contributed by atoms with Crippen LogP contribution in [0.4, 0.5) is 0 Å². The molecule has 10 nitrogen and oxygen atoms in total. The van der Waals surface area contributed by atoms with Gasteiger partial charge in [0.15, 0.2) is 11.5 Å². The smallest absolute Gasteiger partial charge is 0.274 e. The molecule has 3 aliphatic heterocycles. The van der Waals surface area contributed by atoms with Crippen molar-refractivity contribution in [1.82, 2.24) is 24.9 Å². The third-order valence-corrected chi connectivity index (χ3v) is 7.64. The van der Waals surface area contributed by atoms with E-state index in [1.54, 1.807) is 22.8 Å². The Hall–Kier alpha value is -2.46. The first kappa shape index (κ1) is 22.3. The maximum atomic E-state index is 13.3. The lowest BCUT2D eigenvalue weighted by atomic mass is 9.94. The van der Waals surface area contributed by atoms with Crippen molar-refractivity contribution in [2.24, 2.45) is 0 Å². The summed E-state index contributed by atoms with van der Waals surface area (Å²) in [6.07, 6.45) is 5.41. The number of aromatic nitrogens is 2. The monoisotopic (exact) mass is 459 g/mol. The SMILES string of the molecule is CCN1C(=O)c2cc(C(=O)N3CCC4(CC3)OCCO4)nn2C[C@@]1(C)C(=O)NC1CCCC1. The fourth-order valence-electron chi connectivity index (χ4n) is 5.65. The molecule has 0 radical (unpaired) electrons. The highest BCUT2D eigenvalue weighted by Crippen LogP contribution is 2.32. The topological polar surface area (TPSA) is 106 Å². The lowest BCUT2D eigenvalue weighted by molar-refractivity contribution is -0.181. The second-order valence-corrected chi connectivity index (χ2v) is 9.75. The summed E-state index contributed by atoms with van der Waals surface area (Å²) in [4.78, 5) is 43.1. The lowest BCUT2D eigenvalue weighted by Crippen LogP contribution is -2.64. The Bertz CT molecular complexity index is 939. The Morgan fingerprint density at radius 2 is 1.85 bits per heavy atom. The van der Waals surface area contributed by atoms with Crippen LogP contribution in [0.15, 0.2) is 6.07 Å². The Labute approximate surface area is 193 Å². The Balaban J connectivity index is 1.33. The quantitative estimate of drug-likeness (QED) is 0.724. The van der Waals surface area contributed by atoms with Gasteiger partial charge in [-0.15, -0.1) is 0 Å². The number of nitrogens with one attached hydrogen (secondary N) is 1. The Morgan fingerprint density at radius 3 is 2.48 bits per heavy atom. The minimum absolute atomic E-state index is 0.156. The molecule has 10 heteroatoms. The molecule has 3 fully saturated rings. The van der Waals surface area contributed by atoms with Gasteiger partial charge in [-0.1, -0.05) is 12.8 Å². The molecule has 180 valence electrons. The minimum atomic E-state index is -1.05. The summed E-state index contributed by atoms with van der Waals surface area (Å²) >= 11 is 0. The lowest BCUT2D eigenvalue weighted by Gasteiger charge is -2.43. The van der Waals surface area contributed by atoms with E-state index in [9.17, 15) is 14.4 Å². The van der Waals surface area contributed by atoms with E-state index < -0.39 is 11.3 Å². The summed E-state index contributed by atoms with van der Waals surface area (Å²) in [6.45, 7) is 6.48. The highest BCUT2D eigenvalue weighted by atomic mass is 16.7. The molecule has 3 amide bonds. The summed E-state index contributed by atoms with van der Waals surface area (Å²) in [7, 11) is 0. The number of hydrogen-bond donors (Lipinski definition) is 1. The van der Waals surface area contributed by atoms with Crippen LogP contribution in [0, 0.1) is 0 Å². The first-order chi connectivity index (χ1) is 15.8. The predicted octanol–water partition coefficient (Wildman–Crippen LogP) is 1.16. The second-order valence-electron chi connectivity index (χ2n) is 9.75. The minimum Gasteiger partial charge on any atom is -0.351 e. The number of likely N-dealkylation sites (tertiary alicyclic amines) is 1. The Morgan fingerprint density at radius 1 is 1.18 bits per heavy atom. The van der Waals surface area contributed by atoms with Crippen molar-refractivity contribution < 1.29 is 23.9 Å². The van der Waals surface area contributed by atoms with Gasteiger partial charge in [0.05, 0.1) is 19.8 Å². The number of carbonyl (C=O) groups is 3. The van der Waals surface area contributed by atoms with E-state index in [2.05, 4.69) is 10.4 Å². The highest BCUT2D eigenvalue weighted by Gasteiger charge is 2.48. The Kier molecular flexibility index (Phi) is 5.68. The number of carbonyl (C=O) groups excluding carboxylic acids is 3. The zero-order chi connectivity index (χ0) is 23.2. The van der Waals surface area contributed by atoms with Crippen LogP contribution >= 0.6 is 0 Å². The predicted molar refractivity (Wildman–Crippen MR) is 118 cm³/mol. The number of fused-ring (bicyclic) bond motifs is 1. The van der Waals surface area contributed by atoms with Crippen molar-refractivity contribution in [2.45, 2.75) is 76.3 Å². The average Bonchev–Trinajstić information content (AvgIpc) is 3.56. The average molecular weight is 460 g/mol. The second kappa shape index (κ2) is 8.39. The van der Waals surface area contributed by atoms with Crippen LogP contribution in [0.1, 0.15) is 73.3 Å². The summed E-state index contributed by atoms with van der Waals surface area (Å²) in [5, 5.41) is 7.62. The first-order valence-corrected chi connectivity index (χ1v) is 12.1. The number of hydrogen-bond acceptors (Lipinski definition) is 6. The van der Waals surface area contributed by atoms with Crippen LogP contribution in [0.3, 0.4) is 0 Å². The van der Waals surface area contributed by atoms with E-state index in [1.165, 1.54) is 4.68 Å². The van der Waals surface area contributed by atoms with Crippen LogP contribution in [-0.2, 0) is 20.8 Å². The molecule has 1 N–H and O–H groups in total. The van der Waals surface area contributed by atoms with Crippen LogP contribution in [-0.4, -0.2) is 87.5 Å². The van der Waals surface area contributed by atoms with E-state index >= 15 is 0 Å². The number of nitrogens with zero attached hydrogens (tertiary/aromatic N) is 4. The van der Waals surface area contributed by atoms with Gasteiger partial charge in [0, 0.05) is 44.6 Å². The van der Waals surface area contributed by atoms with Crippen molar-refractivity contribution in [1.29, 1.82) is 0 Å². The number of likely N-dealkylation sites (N-methyl/N-ethyl adjacent to an activating group) is 1. The van der Waals surface area contributed by atoms with Crippen molar-refractivity contribution >= 4 is 17.7 Å². The normalized spacial score (nSPS) is 27.3. The molecule has 1 aromatic heterocycles. The third kappa shape index (κ3) is 3.82. The summed E-state index contributed by atoms with van der Waals surface area (Å²) in [5.41, 5.74) is -0.469. The molecule has 1 aliphatic carbocycles. The molecule has 1 spiro atoms. The van der Waals surface area contributed by atoms with Crippen molar-refractivity contribution in [3.05, 3.63) is 17.5 Å². The fraction of sp³-hybridized carbons (Fsp3) is 0.739. The summed E-state index contributed by atoms with van der Waals surface area (Å²) in [6, 6.07) is 1.73. The molecule has 4 heterocycles. The molecule has 1 saturated carbocycles. The number of rotatable bonds is 4. The summed E-state index contributed by atoms with van der Waals surface area (Å²) < 4.78 is 13.0. The van der Waals surface area contributed by atoms with E-state index in [1.807, 2.05) is 6.92 Å². The maximum absolute atomic E-state index is 13.3. The third-order valence-electron chi connectivity index (χ3n) is 7.64. The first-order valence-electron chi connectivity index (χ1n) is 12.1. The van der Waals surface area contributed by atoms with Crippen LogP contribution in [0.2, 0.25) is 0 Å². The van der Waals surface area contributed by atoms with E-state index in [-0.39, 0.29) is 36.0 Å². The van der Waals surface area contributed by atoms with Gasteiger partial charge in [0.25, 0.3) is 11.8 Å². The summed E-state index contributed by atoms with van der Waals surface area (Å²) in [5.74, 6) is -1.20. The molecule has 2 saturated heterocycles. The molecule has 4 aliphatic rings. The van der Waals surface area contributed by atoms with E-state index in [0.717, 1.165) is 25.7 Å². The highest BCUT2D eigenvalue weighted by molar-refractivity contribution is 6.02. The largest absolute Gasteiger partial charge is 0.351 e. The fourth-order valence-corrected chi connectivity index (χ4v) is 5.65. The van der Waals surface area contributed by atoms with E-state index in [4.69, 9.17) is 9.47 Å². The van der Waals surface area contributed by atoms with Gasteiger partial charge < -0.3 is 24.6 Å². The molecule has 5 rings (SSSR count). The molecule has 1 atom stereocenters. The number of amides is 3. The molecular weight excluding hydrogens is 426 g/mol. The van der Waals surface area contributed by atoms with E-state index in [0.29, 0.717) is 51.4 Å². The van der Waals surface area contributed by atoms with Gasteiger partial charge in [-0.25, -0.2) is 0 Å². The van der Waals surface area contributed by atoms with Gasteiger partial charge in [-0.05, 0) is 26.7 Å². The van der Waals surface area contributed by atoms with Gasteiger partial charge in [0.1, 0.15) is 11.2 Å². The van der Waals surface area contributed by atoms with Crippen LogP contribution in [0.25, 0.3) is 0 Å². The number of ether oxygens (including phenoxy) is 2. The maximum Gasteiger partial charge on any atom is 0.274 e. The molecule has 1 aromatic rings. The molecule has 0 bridgehead atoms. The molecule has 0 unspecified atom stereocenters. The molecular formula is C23H33N5O5. The van der Waals surface area contributed by atoms with Gasteiger partial charge in [0.2, 0.25) is 5.91 Å². The van der Waals surface area contributed by atoms with Crippen molar-refractivity contribution in [3.8, 4) is 0 Å². The molecule has 33 heavy (non-hydrogen) atoms. The zero-order valence-electron chi connectivity index (χ0n) is 19.5. The van der Waals surface area contributed by atoms with Crippen LogP contribution in [0.5, 0.6) is 0 Å². The van der Waals surface area contributed by atoms with Crippen molar-refractivity contribution in [2.75, 3.05) is 32.8 Å². The standard InChI is InChI=1S/C23H33N5O5/c1-3-27-20(30)18-14-17(19(29)26-10-8-23(9-11-26)32-12-13-33-23)25-28(18)15-22(27,2)21(31)24-16-6-4-5-7-16/h14,16H,3-13,15H2,1-2H3,(H,24,31)/t22-/m0/s1. The van der Waals surface area contributed by atoms with Gasteiger partial charge >= 0.3 is 0 Å². The number of piperidine rings is 1. The van der Waals surface area contributed by atoms with Crippen LogP contribution < -0.4 is 5.32 Å². The van der Waals surface area contributed by atoms with Gasteiger partial charge in [-0.3, -0.25) is 19.1 Å². The van der Waals surface area contributed by atoms with Crippen molar-refractivity contribution in [3.63, 3.8) is 0 Å².